The summed E-state index contributed by atoms with van der Waals surface area (Å²) in [6.07, 6.45) is 16.6. The average molecular weight is 272 g/mol. The van der Waals surface area contributed by atoms with Gasteiger partial charge in [0.25, 0.3) is 0 Å². The highest BCUT2D eigenvalue weighted by Crippen LogP contribution is 2.36. The van der Waals surface area contributed by atoms with Gasteiger partial charge in [-0.1, -0.05) is 78.6 Å². The van der Waals surface area contributed by atoms with Crippen molar-refractivity contribution in [3.05, 3.63) is 0 Å². The second-order valence-corrected chi connectivity index (χ2v) is 6.58. The fraction of sp³-hybridized carbons (Fsp3) is 1.00. The van der Waals surface area contributed by atoms with Crippen molar-refractivity contribution in [2.75, 3.05) is 6.67 Å². The van der Waals surface area contributed by atoms with Crippen LogP contribution in [0.15, 0.2) is 0 Å². The molecule has 0 aromatic rings. The van der Waals surface area contributed by atoms with Crippen molar-refractivity contribution in [3.63, 3.8) is 0 Å². The van der Waals surface area contributed by atoms with Crippen LogP contribution in [0.3, 0.4) is 0 Å². The van der Waals surface area contributed by atoms with Gasteiger partial charge in [0.05, 0.1) is 6.67 Å². The third-order valence-electron chi connectivity index (χ3n) is 4.43. The molecule has 0 nitrogen and oxygen atoms in total. The topological polar surface area (TPSA) is 0 Å². The van der Waals surface area contributed by atoms with E-state index in [4.69, 9.17) is 0 Å². The molecule has 0 spiro atoms. The zero-order valence-corrected chi connectivity index (χ0v) is 13.8. The third-order valence-corrected chi connectivity index (χ3v) is 4.43. The van der Waals surface area contributed by atoms with E-state index in [1.54, 1.807) is 0 Å². The monoisotopic (exact) mass is 272 g/mol. The van der Waals surface area contributed by atoms with Gasteiger partial charge in [-0.15, -0.1) is 0 Å². The molecule has 0 N–H and O–H groups in total. The summed E-state index contributed by atoms with van der Waals surface area (Å²) in [5.41, 5.74) is 0.409. The number of rotatable bonds is 14. The summed E-state index contributed by atoms with van der Waals surface area (Å²) >= 11 is 0. The number of halogens is 1. The van der Waals surface area contributed by atoms with Crippen molar-refractivity contribution in [2.24, 2.45) is 5.41 Å². The zero-order chi connectivity index (χ0) is 14.4. The van der Waals surface area contributed by atoms with Gasteiger partial charge in [-0.25, -0.2) is 0 Å². The molecule has 0 rings (SSSR count). The van der Waals surface area contributed by atoms with E-state index in [1.165, 1.54) is 70.6 Å². The second kappa shape index (κ2) is 12.9. The van der Waals surface area contributed by atoms with Crippen molar-refractivity contribution in [1.82, 2.24) is 0 Å². The van der Waals surface area contributed by atoms with Gasteiger partial charge in [0.15, 0.2) is 0 Å². The molecule has 116 valence electrons. The first-order valence-electron chi connectivity index (χ1n) is 8.74. The maximum atomic E-state index is 12.5. The van der Waals surface area contributed by atoms with Gasteiger partial charge < -0.3 is 0 Å². The summed E-state index contributed by atoms with van der Waals surface area (Å²) in [4.78, 5) is 0. The van der Waals surface area contributed by atoms with E-state index < -0.39 is 0 Å². The maximum Gasteiger partial charge on any atom is 0.0894 e. The number of hydrogen-bond acceptors (Lipinski definition) is 0. The van der Waals surface area contributed by atoms with E-state index >= 15 is 0 Å². The van der Waals surface area contributed by atoms with Crippen LogP contribution in [0, 0.1) is 5.41 Å². The van der Waals surface area contributed by atoms with Gasteiger partial charge in [-0.05, 0) is 31.1 Å². The third kappa shape index (κ3) is 11.5. The Morgan fingerprint density at radius 2 is 1.05 bits per heavy atom. The Hall–Kier alpha value is -0.0700. The van der Waals surface area contributed by atoms with Crippen LogP contribution in [-0.4, -0.2) is 6.67 Å². The van der Waals surface area contributed by atoms with E-state index in [1.807, 2.05) is 0 Å². The number of unbranched alkanes of at least 4 members (excludes halogenated alkanes) is 7. The highest BCUT2D eigenvalue weighted by Gasteiger charge is 2.22. The maximum absolute atomic E-state index is 12.5. The van der Waals surface area contributed by atoms with Gasteiger partial charge in [-0.3, -0.25) is 4.39 Å². The van der Waals surface area contributed by atoms with E-state index in [2.05, 4.69) is 20.8 Å². The first-order valence-corrected chi connectivity index (χ1v) is 8.74. The molecule has 19 heavy (non-hydrogen) atoms. The summed E-state index contributed by atoms with van der Waals surface area (Å²) in [6.45, 7) is 6.78. The molecular weight excluding hydrogens is 235 g/mol. The van der Waals surface area contributed by atoms with Crippen molar-refractivity contribution in [3.8, 4) is 0 Å². The van der Waals surface area contributed by atoms with Crippen LogP contribution in [0.5, 0.6) is 0 Å². The SMILES string of the molecule is CCCCCCCC(C)(CCCF)CCCCCC. The number of alkyl halides is 1. The molecular formula is C18H37F. The standard InChI is InChI=1S/C18H37F/c1-4-6-8-10-12-15-18(3,16-13-17-19)14-11-9-7-5-2/h4-17H2,1-3H3. The molecule has 1 unspecified atom stereocenters. The summed E-state index contributed by atoms with van der Waals surface area (Å²) in [5.74, 6) is 0. The zero-order valence-electron chi connectivity index (χ0n) is 13.8. The first kappa shape index (κ1) is 18.9. The van der Waals surface area contributed by atoms with Gasteiger partial charge in [-0.2, -0.15) is 0 Å². The molecule has 1 heteroatoms. The van der Waals surface area contributed by atoms with Crippen LogP contribution in [0.4, 0.5) is 4.39 Å². The van der Waals surface area contributed by atoms with Crippen LogP contribution in [0.25, 0.3) is 0 Å². The van der Waals surface area contributed by atoms with E-state index in [0.29, 0.717) is 5.41 Å². The van der Waals surface area contributed by atoms with Crippen molar-refractivity contribution in [1.29, 1.82) is 0 Å². The molecule has 0 aromatic heterocycles. The molecule has 0 aromatic carbocycles. The summed E-state index contributed by atoms with van der Waals surface area (Å²) in [5, 5.41) is 0. The Morgan fingerprint density at radius 3 is 1.53 bits per heavy atom. The lowest BCUT2D eigenvalue weighted by molar-refractivity contribution is 0.217. The largest absolute Gasteiger partial charge is 0.251 e. The molecule has 0 heterocycles. The van der Waals surface area contributed by atoms with Crippen LogP contribution in [-0.2, 0) is 0 Å². The summed E-state index contributed by atoms with van der Waals surface area (Å²) in [7, 11) is 0. The minimum atomic E-state index is -0.139. The first-order chi connectivity index (χ1) is 9.18. The highest BCUT2D eigenvalue weighted by molar-refractivity contribution is 4.74. The molecule has 0 aliphatic rings. The van der Waals surface area contributed by atoms with Gasteiger partial charge in [0, 0.05) is 0 Å². The van der Waals surface area contributed by atoms with Crippen LogP contribution in [0.1, 0.15) is 104 Å². The Bertz CT molecular complexity index is 179. The molecule has 0 amide bonds. The average Bonchev–Trinajstić information content (AvgIpc) is 2.41. The van der Waals surface area contributed by atoms with Gasteiger partial charge in [0.1, 0.15) is 0 Å². The summed E-state index contributed by atoms with van der Waals surface area (Å²) < 4.78 is 12.5. The van der Waals surface area contributed by atoms with Crippen molar-refractivity contribution in [2.45, 2.75) is 104 Å². The second-order valence-electron chi connectivity index (χ2n) is 6.58. The molecule has 0 radical (unpaired) electrons. The smallest absolute Gasteiger partial charge is 0.0894 e. The fourth-order valence-corrected chi connectivity index (χ4v) is 3.00. The minimum Gasteiger partial charge on any atom is -0.251 e. The Balaban J connectivity index is 3.88. The molecule has 0 aliphatic carbocycles. The van der Waals surface area contributed by atoms with E-state index in [-0.39, 0.29) is 6.67 Å². The van der Waals surface area contributed by atoms with E-state index in [0.717, 1.165) is 12.8 Å². The molecule has 0 saturated carbocycles. The fourth-order valence-electron chi connectivity index (χ4n) is 3.00. The normalized spacial score (nSPS) is 14.5. The van der Waals surface area contributed by atoms with E-state index in [9.17, 15) is 4.39 Å². The lowest BCUT2D eigenvalue weighted by Gasteiger charge is -2.30. The Morgan fingerprint density at radius 1 is 0.632 bits per heavy atom. The molecule has 0 saturated heterocycles. The molecule has 0 fully saturated rings. The van der Waals surface area contributed by atoms with Crippen LogP contribution < -0.4 is 0 Å². The van der Waals surface area contributed by atoms with Crippen molar-refractivity contribution < 1.29 is 4.39 Å². The molecule has 0 aliphatic heterocycles. The lowest BCUT2D eigenvalue weighted by Crippen LogP contribution is -2.17. The molecule has 1 atom stereocenters. The van der Waals surface area contributed by atoms with Crippen LogP contribution in [0.2, 0.25) is 0 Å². The highest BCUT2D eigenvalue weighted by atomic mass is 19.1. The number of hydrogen-bond donors (Lipinski definition) is 0. The van der Waals surface area contributed by atoms with Crippen molar-refractivity contribution >= 4 is 0 Å². The lowest BCUT2D eigenvalue weighted by atomic mass is 9.76. The Kier molecular flexibility index (Phi) is 12.9. The predicted molar refractivity (Wildman–Crippen MR) is 85.5 cm³/mol. The predicted octanol–water partition coefficient (Wildman–Crippen LogP) is 7.07. The minimum absolute atomic E-state index is 0.139. The molecule has 0 bridgehead atoms. The van der Waals surface area contributed by atoms with Crippen LogP contribution >= 0.6 is 0 Å². The van der Waals surface area contributed by atoms with Gasteiger partial charge in [0.2, 0.25) is 0 Å². The Labute approximate surface area is 121 Å². The summed E-state index contributed by atoms with van der Waals surface area (Å²) in [6, 6.07) is 0. The quantitative estimate of drug-likeness (QED) is 0.296. The van der Waals surface area contributed by atoms with Gasteiger partial charge >= 0.3 is 0 Å².